The number of nitrogen functional groups attached to an aromatic ring is 1. The van der Waals surface area contributed by atoms with Crippen molar-refractivity contribution >= 4 is 29.2 Å². The Morgan fingerprint density at radius 3 is 2.53 bits per heavy atom. The summed E-state index contributed by atoms with van der Waals surface area (Å²) in [6, 6.07) is 6.10. The fraction of sp³-hybridized carbons (Fsp3) is 0.476. The second kappa shape index (κ2) is 11.0. The van der Waals surface area contributed by atoms with Gasteiger partial charge < -0.3 is 10.6 Å². The lowest BCUT2D eigenvalue weighted by molar-refractivity contribution is -0.116. The van der Waals surface area contributed by atoms with Crippen LogP contribution in [0.2, 0.25) is 0 Å². The minimum atomic E-state index is -0.664. The molecule has 0 aliphatic rings. The summed E-state index contributed by atoms with van der Waals surface area (Å²) in [5.41, 5.74) is 5.86. The summed E-state index contributed by atoms with van der Waals surface area (Å²) in [6.45, 7) is 6.52. The first-order chi connectivity index (χ1) is 14.2. The Balaban J connectivity index is 2.25. The van der Waals surface area contributed by atoms with Crippen LogP contribution in [-0.4, -0.2) is 27.8 Å². The first-order valence-corrected chi connectivity index (χ1v) is 11.1. The summed E-state index contributed by atoms with van der Waals surface area (Å²) in [4.78, 5) is 41.4. The van der Waals surface area contributed by atoms with Crippen LogP contribution in [0.25, 0.3) is 0 Å². The van der Waals surface area contributed by atoms with Gasteiger partial charge in [0.05, 0.1) is 5.75 Å². The van der Waals surface area contributed by atoms with Crippen molar-refractivity contribution in [3.05, 3.63) is 56.5 Å². The molecule has 1 amide bonds. The normalized spacial score (nSPS) is 11.1. The Hall–Kier alpha value is -2.55. The summed E-state index contributed by atoms with van der Waals surface area (Å²) in [5.74, 6) is 0.172. The largest absolute Gasteiger partial charge is 0.383 e. The first-order valence-electron chi connectivity index (χ1n) is 9.99. The van der Waals surface area contributed by atoms with Gasteiger partial charge >= 0.3 is 5.69 Å². The number of halogens is 1. The summed E-state index contributed by atoms with van der Waals surface area (Å²) < 4.78 is 14.3. The predicted octanol–water partition coefficient (Wildman–Crippen LogP) is 2.98. The van der Waals surface area contributed by atoms with Gasteiger partial charge in [0, 0.05) is 18.8 Å². The minimum absolute atomic E-state index is 0.00901. The average Bonchev–Trinajstić information content (AvgIpc) is 2.68. The molecule has 0 aliphatic heterocycles. The van der Waals surface area contributed by atoms with Gasteiger partial charge in [-0.3, -0.25) is 19.1 Å². The van der Waals surface area contributed by atoms with E-state index in [1.807, 2.05) is 20.8 Å². The molecule has 0 saturated carbocycles. The van der Waals surface area contributed by atoms with Crippen molar-refractivity contribution in [1.29, 1.82) is 0 Å². The molecule has 0 saturated heterocycles. The van der Waals surface area contributed by atoms with Crippen LogP contribution >= 0.6 is 11.8 Å². The van der Waals surface area contributed by atoms with Crippen molar-refractivity contribution in [1.82, 2.24) is 9.55 Å². The Labute approximate surface area is 179 Å². The monoisotopic (exact) mass is 436 g/mol. The Kier molecular flexibility index (Phi) is 8.71. The van der Waals surface area contributed by atoms with Crippen molar-refractivity contribution in [2.24, 2.45) is 5.92 Å². The molecule has 30 heavy (non-hydrogen) atoms. The molecule has 3 N–H and O–H groups in total. The van der Waals surface area contributed by atoms with Crippen molar-refractivity contribution in [3.8, 4) is 0 Å². The predicted molar refractivity (Wildman–Crippen MR) is 120 cm³/mol. The van der Waals surface area contributed by atoms with E-state index >= 15 is 0 Å². The van der Waals surface area contributed by atoms with Gasteiger partial charge in [0.25, 0.3) is 5.56 Å². The Morgan fingerprint density at radius 1 is 1.27 bits per heavy atom. The van der Waals surface area contributed by atoms with Crippen LogP contribution in [0.1, 0.15) is 39.2 Å². The van der Waals surface area contributed by atoms with Gasteiger partial charge in [-0.2, -0.15) is 0 Å². The molecule has 0 bridgehead atoms. The number of carbonyl (C=O) groups is 1. The van der Waals surface area contributed by atoms with E-state index in [9.17, 15) is 18.8 Å². The average molecular weight is 437 g/mol. The maximum absolute atomic E-state index is 13.0. The zero-order chi connectivity index (χ0) is 22.3. The third kappa shape index (κ3) is 6.22. The van der Waals surface area contributed by atoms with E-state index in [1.165, 1.54) is 33.4 Å². The summed E-state index contributed by atoms with van der Waals surface area (Å²) in [6.07, 6.45) is 1.58. The number of hydrogen-bond donors (Lipinski definition) is 2. The number of hydrogen-bond acceptors (Lipinski definition) is 5. The molecule has 7 nitrogen and oxygen atoms in total. The van der Waals surface area contributed by atoms with Crippen LogP contribution < -0.4 is 21.9 Å². The smallest absolute Gasteiger partial charge is 0.330 e. The number of carbonyl (C=O) groups excluding carboxylic acids is 1. The molecule has 0 spiro atoms. The molecule has 0 radical (unpaired) electrons. The zero-order valence-corrected chi connectivity index (χ0v) is 18.4. The molecule has 2 aromatic rings. The minimum Gasteiger partial charge on any atom is -0.383 e. The topological polar surface area (TPSA) is 101 Å². The molecule has 1 heterocycles. The molecule has 0 unspecified atom stereocenters. The van der Waals surface area contributed by atoms with E-state index in [4.69, 9.17) is 5.73 Å². The third-order valence-electron chi connectivity index (χ3n) is 4.48. The molecule has 2 rings (SSSR count). The summed E-state index contributed by atoms with van der Waals surface area (Å²) in [7, 11) is 0. The highest BCUT2D eigenvalue weighted by Crippen LogP contribution is 2.21. The number of unbranched alkanes of at least 4 members (excludes halogenated alkanes) is 1. The van der Waals surface area contributed by atoms with Gasteiger partial charge in [-0.15, -0.1) is 11.8 Å². The molecule has 164 valence electrons. The highest BCUT2D eigenvalue weighted by Gasteiger charge is 2.24. The van der Waals surface area contributed by atoms with E-state index in [2.05, 4.69) is 4.98 Å². The number of nitrogens with zero attached hydrogens (tertiary/aromatic N) is 2. The fourth-order valence-electron chi connectivity index (χ4n) is 2.97. The van der Waals surface area contributed by atoms with E-state index in [0.717, 1.165) is 18.4 Å². The van der Waals surface area contributed by atoms with Gasteiger partial charge in [0.2, 0.25) is 5.91 Å². The van der Waals surface area contributed by atoms with Crippen LogP contribution in [0, 0.1) is 11.7 Å². The lowest BCUT2D eigenvalue weighted by Gasteiger charge is -2.26. The molecule has 1 aromatic carbocycles. The second-order valence-electron chi connectivity index (χ2n) is 7.52. The number of aromatic nitrogens is 2. The standard InChI is InChI=1S/C21H29FN4O3S/c1-4-5-10-25-19(23)18(20(28)24-21(25)29)26(11-14(2)3)17(27)13-30-12-15-6-8-16(22)9-7-15/h6-9,14H,4-5,10-13,23H2,1-3H3,(H,24,28,29). The van der Waals surface area contributed by atoms with Gasteiger partial charge in [0.15, 0.2) is 5.69 Å². The van der Waals surface area contributed by atoms with Gasteiger partial charge in [-0.05, 0) is 30.0 Å². The number of rotatable bonds is 10. The Bertz CT molecular complexity index is 970. The van der Waals surface area contributed by atoms with Gasteiger partial charge in [-0.1, -0.05) is 39.3 Å². The first kappa shape index (κ1) is 23.7. The maximum Gasteiger partial charge on any atom is 0.330 e. The van der Waals surface area contributed by atoms with E-state index < -0.39 is 11.2 Å². The molecule has 0 fully saturated rings. The summed E-state index contributed by atoms with van der Waals surface area (Å²) >= 11 is 1.37. The molecule has 9 heteroatoms. The second-order valence-corrected chi connectivity index (χ2v) is 8.50. The third-order valence-corrected chi connectivity index (χ3v) is 5.46. The number of amides is 1. The molecular weight excluding hydrogens is 407 g/mol. The number of H-pyrrole nitrogens is 1. The highest BCUT2D eigenvalue weighted by atomic mass is 32.2. The molecular formula is C21H29FN4O3S. The fourth-order valence-corrected chi connectivity index (χ4v) is 3.83. The van der Waals surface area contributed by atoms with Crippen LogP contribution in [0.3, 0.4) is 0 Å². The van der Waals surface area contributed by atoms with E-state index in [-0.39, 0.29) is 34.9 Å². The lowest BCUT2D eigenvalue weighted by Crippen LogP contribution is -2.43. The van der Waals surface area contributed by atoms with Crippen LogP contribution in [0.5, 0.6) is 0 Å². The number of anilines is 2. The molecule has 0 atom stereocenters. The zero-order valence-electron chi connectivity index (χ0n) is 17.6. The van der Waals surface area contributed by atoms with Crippen molar-refractivity contribution in [2.45, 2.75) is 45.9 Å². The van der Waals surface area contributed by atoms with E-state index in [1.54, 1.807) is 12.1 Å². The maximum atomic E-state index is 13.0. The van der Waals surface area contributed by atoms with Crippen LogP contribution in [0.4, 0.5) is 15.9 Å². The number of thioether (sulfide) groups is 1. The van der Waals surface area contributed by atoms with Crippen molar-refractivity contribution < 1.29 is 9.18 Å². The quantitative estimate of drug-likeness (QED) is 0.596. The van der Waals surface area contributed by atoms with Crippen LogP contribution in [-0.2, 0) is 17.1 Å². The summed E-state index contributed by atoms with van der Waals surface area (Å²) in [5, 5.41) is 0. The lowest BCUT2D eigenvalue weighted by atomic mass is 10.2. The molecule has 1 aromatic heterocycles. The number of benzene rings is 1. The van der Waals surface area contributed by atoms with Gasteiger partial charge in [0.1, 0.15) is 11.6 Å². The van der Waals surface area contributed by atoms with Gasteiger partial charge in [-0.25, -0.2) is 9.18 Å². The number of aromatic amines is 1. The van der Waals surface area contributed by atoms with Crippen molar-refractivity contribution in [2.75, 3.05) is 22.9 Å². The highest BCUT2D eigenvalue weighted by molar-refractivity contribution is 7.99. The SMILES string of the molecule is CCCCn1c(N)c(N(CC(C)C)C(=O)CSCc2ccc(F)cc2)c(=O)[nH]c1=O. The van der Waals surface area contributed by atoms with E-state index in [0.29, 0.717) is 18.8 Å². The number of nitrogens with one attached hydrogen (secondary N) is 1. The molecule has 0 aliphatic carbocycles. The number of nitrogens with two attached hydrogens (primary N) is 1. The van der Waals surface area contributed by atoms with Crippen LogP contribution in [0.15, 0.2) is 33.9 Å². The Morgan fingerprint density at radius 2 is 1.93 bits per heavy atom. The van der Waals surface area contributed by atoms with Crippen molar-refractivity contribution in [3.63, 3.8) is 0 Å².